The van der Waals surface area contributed by atoms with Gasteiger partial charge < -0.3 is 19.9 Å². The molecule has 5 rings (SSSR count). The van der Waals surface area contributed by atoms with E-state index in [1.54, 1.807) is 55.6 Å². The topological polar surface area (TPSA) is 79.0 Å². The molecule has 0 aliphatic carbocycles. The van der Waals surface area contributed by atoms with Gasteiger partial charge in [-0.25, -0.2) is 0 Å². The molecule has 41 heavy (non-hydrogen) atoms. The average molecular weight is 574 g/mol. The number of ether oxygens (including phenoxy) is 1. The highest BCUT2D eigenvalue weighted by Crippen LogP contribution is 2.32. The monoisotopic (exact) mass is 573 g/mol. The molecular formula is C33H36ClN3O4. The van der Waals surface area contributed by atoms with E-state index in [9.17, 15) is 14.4 Å². The van der Waals surface area contributed by atoms with Gasteiger partial charge in [-0.15, -0.1) is 0 Å². The van der Waals surface area contributed by atoms with E-state index in [0.717, 1.165) is 44.2 Å². The molecule has 2 heterocycles. The summed E-state index contributed by atoms with van der Waals surface area (Å²) in [5.74, 6) is 0.933. The van der Waals surface area contributed by atoms with Gasteiger partial charge >= 0.3 is 0 Å². The third-order valence-corrected chi connectivity index (χ3v) is 8.49. The van der Waals surface area contributed by atoms with Gasteiger partial charge in [0, 0.05) is 53.1 Å². The molecule has 7 nitrogen and oxygen atoms in total. The molecule has 2 fully saturated rings. The molecule has 3 amide bonds. The average Bonchev–Trinajstić information content (AvgIpc) is 3.02. The van der Waals surface area contributed by atoms with Crippen LogP contribution in [0, 0.1) is 5.92 Å². The van der Waals surface area contributed by atoms with E-state index >= 15 is 0 Å². The van der Waals surface area contributed by atoms with E-state index < -0.39 is 0 Å². The first kappa shape index (κ1) is 28.7. The molecule has 3 aromatic rings. The molecule has 2 aliphatic rings. The molecule has 1 atom stereocenters. The van der Waals surface area contributed by atoms with Crippen LogP contribution in [-0.2, 0) is 11.2 Å². The normalized spacial score (nSPS) is 17.7. The van der Waals surface area contributed by atoms with Crippen LogP contribution >= 0.6 is 11.6 Å². The van der Waals surface area contributed by atoms with Gasteiger partial charge in [0.1, 0.15) is 5.75 Å². The summed E-state index contributed by atoms with van der Waals surface area (Å²) in [5, 5.41) is 3.46. The van der Waals surface area contributed by atoms with Crippen LogP contribution in [0.15, 0.2) is 72.8 Å². The van der Waals surface area contributed by atoms with Crippen LogP contribution in [-0.4, -0.2) is 60.3 Å². The number of methoxy groups -OCH3 is 1. The molecule has 0 saturated carbocycles. The van der Waals surface area contributed by atoms with E-state index in [-0.39, 0.29) is 30.2 Å². The van der Waals surface area contributed by atoms with Crippen molar-refractivity contribution in [2.45, 2.75) is 44.6 Å². The van der Waals surface area contributed by atoms with Crippen molar-refractivity contribution in [2.24, 2.45) is 5.92 Å². The van der Waals surface area contributed by atoms with E-state index in [1.807, 2.05) is 29.2 Å². The van der Waals surface area contributed by atoms with Crippen LogP contribution in [0.3, 0.4) is 0 Å². The summed E-state index contributed by atoms with van der Waals surface area (Å²) in [6.45, 7) is 2.10. The summed E-state index contributed by atoms with van der Waals surface area (Å²) in [6, 6.07) is 21.7. The number of rotatable bonds is 7. The summed E-state index contributed by atoms with van der Waals surface area (Å²) in [6.07, 6.45) is 5.16. The maximum atomic E-state index is 13.5. The van der Waals surface area contributed by atoms with Crippen molar-refractivity contribution in [3.8, 4) is 5.75 Å². The molecule has 214 valence electrons. The third-order valence-electron chi connectivity index (χ3n) is 8.26. The first-order valence-corrected chi connectivity index (χ1v) is 14.7. The smallest absolute Gasteiger partial charge is 0.255 e. The second kappa shape index (κ2) is 13.2. The predicted octanol–water partition coefficient (Wildman–Crippen LogP) is 6.08. The number of likely N-dealkylation sites (tertiary alicyclic amines) is 2. The number of amides is 3. The Morgan fingerprint density at radius 2 is 1.61 bits per heavy atom. The molecule has 1 unspecified atom stereocenters. The number of carbonyl (C=O) groups excluding carboxylic acids is 3. The Hall–Kier alpha value is -3.84. The largest absolute Gasteiger partial charge is 0.496 e. The first-order chi connectivity index (χ1) is 19.9. The minimum absolute atomic E-state index is 0.00389. The highest BCUT2D eigenvalue weighted by molar-refractivity contribution is 6.30. The van der Waals surface area contributed by atoms with Crippen molar-refractivity contribution >= 4 is 35.0 Å². The van der Waals surface area contributed by atoms with Gasteiger partial charge in [0.05, 0.1) is 13.5 Å². The molecule has 1 N–H and O–H groups in total. The van der Waals surface area contributed by atoms with Crippen LogP contribution in [0.5, 0.6) is 5.75 Å². The van der Waals surface area contributed by atoms with Crippen molar-refractivity contribution < 1.29 is 19.1 Å². The molecule has 0 bridgehead atoms. The van der Waals surface area contributed by atoms with E-state index in [0.29, 0.717) is 46.6 Å². The zero-order chi connectivity index (χ0) is 28.8. The van der Waals surface area contributed by atoms with Crippen molar-refractivity contribution in [1.82, 2.24) is 9.80 Å². The Morgan fingerprint density at radius 3 is 2.32 bits per heavy atom. The second-order valence-electron chi connectivity index (χ2n) is 10.8. The van der Waals surface area contributed by atoms with Gasteiger partial charge in [-0.1, -0.05) is 35.9 Å². The van der Waals surface area contributed by atoms with Crippen molar-refractivity contribution in [2.75, 3.05) is 32.1 Å². The zero-order valence-corrected chi connectivity index (χ0v) is 24.1. The van der Waals surface area contributed by atoms with Crippen LogP contribution in [0.4, 0.5) is 5.69 Å². The van der Waals surface area contributed by atoms with Crippen molar-refractivity contribution in [1.29, 1.82) is 0 Å². The molecular weight excluding hydrogens is 538 g/mol. The molecule has 2 aliphatic heterocycles. The van der Waals surface area contributed by atoms with Crippen molar-refractivity contribution in [3.05, 3.63) is 94.5 Å². The van der Waals surface area contributed by atoms with Crippen LogP contribution in [0.1, 0.15) is 58.4 Å². The number of carbonyl (C=O) groups is 3. The molecule has 0 radical (unpaired) electrons. The quantitative estimate of drug-likeness (QED) is 0.372. The zero-order valence-electron chi connectivity index (χ0n) is 23.4. The lowest BCUT2D eigenvalue weighted by molar-refractivity contribution is -0.136. The molecule has 0 aromatic heterocycles. The van der Waals surface area contributed by atoms with E-state index in [1.165, 1.54) is 0 Å². The fourth-order valence-electron chi connectivity index (χ4n) is 6.04. The lowest BCUT2D eigenvalue weighted by Crippen LogP contribution is -2.51. The highest BCUT2D eigenvalue weighted by Gasteiger charge is 2.35. The minimum atomic E-state index is -0.186. The lowest BCUT2D eigenvalue weighted by Gasteiger charge is -2.44. The summed E-state index contributed by atoms with van der Waals surface area (Å²) in [5.41, 5.74) is 2.68. The Balaban J connectivity index is 1.16. The van der Waals surface area contributed by atoms with Gasteiger partial charge in [-0.2, -0.15) is 0 Å². The maximum Gasteiger partial charge on any atom is 0.255 e. The summed E-state index contributed by atoms with van der Waals surface area (Å²) < 4.78 is 5.46. The van der Waals surface area contributed by atoms with Gasteiger partial charge in [0.25, 0.3) is 11.8 Å². The summed E-state index contributed by atoms with van der Waals surface area (Å²) >= 11 is 6.11. The van der Waals surface area contributed by atoms with Crippen LogP contribution in [0.2, 0.25) is 5.02 Å². The Labute approximate surface area is 246 Å². The van der Waals surface area contributed by atoms with Crippen molar-refractivity contribution in [3.63, 3.8) is 0 Å². The number of nitrogens with zero attached hydrogens (tertiary/aromatic N) is 2. The van der Waals surface area contributed by atoms with Gasteiger partial charge in [-0.3, -0.25) is 14.4 Å². The number of anilines is 1. The Kier molecular flexibility index (Phi) is 9.24. The van der Waals surface area contributed by atoms with E-state index in [4.69, 9.17) is 16.3 Å². The number of hydrogen-bond donors (Lipinski definition) is 1. The first-order valence-electron chi connectivity index (χ1n) is 14.3. The molecule has 0 spiro atoms. The second-order valence-corrected chi connectivity index (χ2v) is 11.2. The molecule has 8 heteroatoms. The summed E-state index contributed by atoms with van der Waals surface area (Å²) in [7, 11) is 1.59. The fourth-order valence-corrected chi connectivity index (χ4v) is 6.21. The Morgan fingerprint density at radius 1 is 0.878 bits per heavy atom. The van der Waals surface area contributed by atoms with E-state index in [2.05, 4.69) is 10.2 Å². The van der Waals surface area contributed by atoms with Gasteiger partial charge in [0.15, 0.2) is 0 Å². The standard InChI is InChI=1S/C33H36ClN3O4/c1-41-30-22-27(34)13-10-26(30)21-31(38)37-18-6-5-9-29(37)23-16-19-36(20-17-23)33(40)25-11-14-28(15-12-25)35-32(39)24-7-3-2-4-8-24/h2-4,7-8,10-15,22-23,29H,5-6,9,16-21H2,1H3,(H,35,39). The SMILES string of the molecule is COc1cc(Cl)ccc1CC(=O)N1CCCCC1C1CCN(C(=O)c2ccc(NC(=O)c3ccccc3)cc2)CC1. The molecule has 2 saturated heterocycles. The number of hydrogen-bond acceptors (Lipinski definition) is 4. The highest BCUT2D eigenvalue weighted by atomic mass is 35.5. The fraction of sp³-hybridized carbons (Fsp3) is 0.364. The van der Waals surface area contributed by atoms with Gasteiger partial charge in [-0.05, 0) is 86.6 Å². The Bertz CT molecular complexity index is 1370. The number of piperidine rings is 2. The maximum absolute atomic E-state index is 13.5. The summed E-state index contributed by atoms with van der Waals surface area (Å²) in [4.78, 5) is 43.1. The third kappa shape index (κ3) is 6.91. The number of benzene rings is 3. The van der Waals surface area contributed by atoms with Crippen LogP contribution in [0.25, 0.3) is 0 Å². The van der Waals surface area contributed by atoms with Gasteiger partial charge in [0.2, 0.25) is 5.91 Å². The number of nitrogens with one attached hydrogen (secondary N) is 1. The molecule has 3 aromatic carbocycles. The minimum Gasteiger partial charge on any atom is -0.496 e. The lowest BCUT2D eigenvalue weighted by atomic mass is 9.83. The number of halogens is 1. The predicted molar refractivity (Wildman–Crippen MR) is 161 cm³/mol. The van der Waals surface area contributed by atoms with Crippen LogP contribution < -0.4 is 10.1 Å².